The molecule has 6 aliphatic carbocycles. The maximum Gasteiger partial charge on any atom is 0.136 e. The highest BCUT2D eigenvalue weighted by Crippen LogP contribution is 2.71. The van der Waals surface area contributed by atoms with E-state index in [-0.39, 0.29) is 10.8 Å². The van der Waals surface area contributed by atoms with E-state index in [4.69, 9.17) is 4.42 Å². The monoisotopic (exact) mass is 720 g/mol. The van der Waals surface area contributed by atoms with Gasteiger partial charge in [0, 0.05) is 21.6 Å². The van der Waals surface area contributed by atoms with E-state index in [1.54, 1.807) is 11.1 Å². The van der Waals surface area contributed by atoms with E-state index >= 15 is 0 Å². The van der Waals surface area contributed by atoms with Crippen molar-refractivity contribution in [3.63, 3.8) is 0 Å². The summed E-state index contributed by atoms with van der Waals surface area (Å²) in [6.07, 6.45) is 6.96. The average Bonchev–Trinajstić information content (AvgIpc) is 3.84. The van der Waals surface area contributed by atoms with Crippen LogP contribution in [0.25, 0.3) is 77.6 Å². The molecule has 7 aromatic carbocycles. The highest BCUT2D eigenvalue weighted by atomic mass is 16.3. The zero-order valence-corrected chi connectivity index (χ0v) is 32.1. The Morgan fingerprint density at radius 2 is 0.982 bits per heavy atom. The van der Waals surface area contributed by atoms with E-state index in [0.29, 0.717) is 11.8 Å². The third kappa shape index (κ3) is 3.96. The molecule has 0 amide bonds. The maximum atomic E-state index is 6.48. The van der Waals surface area contributed by atoms with E-state index < -0.39 is 0 Å². The first-order valence-electron chi connectivity index (χ1n) is 21.0. The normalized spacial score (nSPS) is 24.5. The fourth-order valence-corrected chi connectivity index (χ4v) is 13.5. The molecule has 0 aliphatic heterocycles. The highest BCUT2D eigenvalue weighted by molar-refractivity contribution is 6.15. The zero-order valence-electron chi connectivity index (χ0n) is 32.1. The number of benzene rings is 7. The van der Waals surface area contributed by atoms with Gasteiger partial charge in [-0.25, -0.2) is 0 Å². The molecule has 56 heavy (non-hydrogen) atoms. The molecule has 8 aromatic rings. The third-order valence-corrected chi connectivity index (χ3v) is 15.5. The Balaban J connectivity index is 1.01. The Hall–Kier alpha value is -5.66. The number of rotatable bonds is 3. The second-order valence-corrected chi connectivity index (χ2v) is 18.4. The summed E-state index contributed by atoms with van der Waals surface area (Å²) >= 11 is 0. The lowest BCUT2D eigenvalue weighted by molar-refractivity contribution is -0.0399. The minimum Gasteiger partial charge on any atom is -0.456 e. The Labute approximate surface area is 329 Å². The van der Waals surface area contributed by atoms with E-state index in [1.807, 2.05) is 0 Å². The van der Waals surface area contributed by atoms with Crippen LogP contribution in [0.15, 0.2) is 150 Å². The SMILES string of the molecule is CC1(C)c2ccccc2-c2ccc(-c3ccc(-c4cccc5c4-c4c(-c6cccc7oc8ccccc8c67)cccc4C54C5CC6CC(C5)CC4C6)cc3)cc21. The summed E-state index contributed by atoms with van der Waals surface area (Å²) in [5.41, 5.74) is 21.6. The van der Waals surface area contributed by atoms with Crippen LogP contribution in [0, 0.1) is 23.7 Å². The van der Waals surface area contributed by atoms with Gasteiger partial charge in [-0.1, -0.05) is 141 Å². The molecule has 1 nitrogen and oxygen atoms in total. The van der Waals surface area contributed by atoms with E-state index in [9.17, 15) is 0 Å². The van der Waals surface area contributed by atoms with Gasteiger partial charge in [-0.15, -0.1) is 0 Å². The van der Waals surface area contributed by atoms with Crippen molar-refractivity contribution in [1.29, 1.82) is 0 Å². The minimum atomic E-state index is -0.0154. The summed E-state index contributed by atoms with van der Waals surface area (Å²) in [6, 6.07) is 55.5. The van der Waals surface area contributed by atoms with Crippen molar-refractivity contribution in [3.05, 3.63) is 168 Å². The summed E-state index contributed by atoms with van der Waals surface area (Å²) < 4.78 is 6.48. The van der Waals surface area contributed by atoms with Gasteiger partial charge in [-0.3, -0.25) is 0 Å². The number of furan rings is 1. The number of hydrogen-bond acceptors (Lipinski definition) is 1. The first-order valence-corrected chi connectivity index (χ1v) is 21.0. The van der Waals surface area contributed by atoms with Crippen molar-refractivity contribution in [3.8, 4) is 55.6 Å². The quantitative estimate of drug-likeness (QED) is 0.177. The van der Waals surface area contributed by atoms with Gasteiger partial charge in [0.2, 0.25) is 0 Å². The molecule has 1 heteroatoms. The summed E-state index contributed by atoms with van der Waals surface area (Å²) in [7, 11) is 0. The van der Waals surface area contributed by atoms with Crippen molar-refractivity contribution < 1.29 is 4.42 Å². The fourth-order valence-electron chi connectivity index (χ4n) is 13.5. The first kappa shape index (κ1) is 31.5. The minimum absolute atomic E-state index is 0.0154. The Morgan fingerprint density at radius 1 is 0.429 bits per heavy atom. The second kappa shape index (κ2) is 11.0. The van der Waals surface area contributed by atoms with Gasteiger partial charge >= 0.3 is 0 Å². The topological polar surface area (TPSA) is 13.1 Å². The van der Waals surface area contributed by atoms with E-state index in [2.05, 4.69) is 159 Å². The van der Waals surface area contributed by atoms with Crippen LogP contribution in [0.5, 0.6) is 0 Å². The molecule has 0 saturated heterocycles. The molecule has 0 atom stereocenters. The van der Waals surface area contributed by atoms with Gasteiger partial charge in [-0.2, -0.15) is 0 Å². The van der Waals surface area contributed by atoms with Crippen molar-refractivity contribution in [2.45, 2.75) is 56.8 Å². The summed E-state index contributed by atoms with van der Waals surface area (Å²) in [4.78, 5) is 0. The van der Waals surface area contributed by atoms with Crippen LogP contribution in [0.3, 0.4) is 0 Å². The van der Waals surface area contributed by atoms with Gasteiger partial charge < -0.3 is 4.42 Å². The van der Waals surface area contributed by atoms with E-state index in [0.717, 1.165) is 23.0 Å². The molecule has 1 heterocycles. The van der Waals surface area contributed by atoms with Crippen molar-refractivity contribution in [2.24, 2.45) is 23.7 Å². The molecule has 0 N–H and O–H groups in total. The molecule has 6 aliphatic rings. The Bertz CT molecular complexity index is 2920. The molecule has 4 saturated carbocycles. The van der Waals surface area contributed by atoms with Crippen LogP contribution in [-0.4, -0.2) is 0 Å². The smallest absolute Gasteiger partial charge is 0.136 e. The highest BCUT2D eigenvalue weighted by Gasteiger charge is 2.62. The van der Waals surface area contributed by atoms with Crippen molar-refractivity contribution in [2.75, 3.05) is 0 Å². The van der Waals surface area contributed by atoms with Gasteiger partial charge in [-0.05, 0) is 152 Å². The largest absolute Gasteiger partial charge is 0.456 e. The molecule has 0 unspecified atom stereocenters. The molecule has 270 valence electrons. The van der Waals surface area contributed by atoms with Crippen molar-refractivity contribution in [1.82, 2.24) is 0 Å². The number of fused-ring (bicyclic) bond motifs is 9. The van der Waals surface area contributed by atoms with Gasteiger partial charge in [0.15, 0.2) is 0 Å². The van der Waals surface area contributed by atoms with E-state index in [1.165, 1.54) is 110 Å². The lowest BCUT2D eigenvalue weighted by Crippen LogP contribution is -2.55. The molecular weight excluding hydrogens is 677 g/mol. The Kier molecular flexibility index (Phi) is 6.20. The zero-order chi connectivity index (χ0) is 36.9. The predicted octanol–water partition coefficient (Wildman–Crippen LogP) is 14.6. The molecule has 4 fully saturated rings. The number of para-hydroxylation sites is 1. The van der Waals surface area contributed by atoms with Gasteiger partial charge in [0.1, 0.15) is 11.2 Å². The summed E-state index contributed by atoms with van der Waals surface area (Å²) in [5.74, 6) is 3.21. The predicted molar refractivity (Wildman–Crippen MR) is 231 cm³/mol. The molecule has 14 rings (SSSR count). The molecule has 1 spiro atoms. The number of hydrogen-bond donors (Lipinski definition) is 0. The summed E-state index contributed by atoms with van der Waals surface area (Å²) in [5, 5.41) is 2.42. The molecule has 1 aromatic heterocycles. The van der Waals surface area contributed by atoms with Crippen LogP contribution in [0.1, 0.15) is 68.2 Å². The lowest BCUT2D eigenvalue weighted by Gasteiger charge is -2.61. The standard InChI is InChI=1S/C55H44O/c1-54(2)45-15-5-3-10-40(45)41-25-24-36(31-48(41)54)34-20-22-35(23-21-34)39-12-7-16-46-52(39)53-43(42-14-9-19-50-51(42)44-11-4-6-18-49(44)56-50)13-8-17-47(53)55(46)37-27-32-26-33(29-37)30-38(55)28-32/h3-25,31-33,37-38H,26-30H2,1-2H3. The fraction of sp³-hybridized carbons (Fsp3) is 0.236. The van der Waals surface area contributed by atoms with Crippen LogP contribution >= 0.6 is 0 Å². The van der Waals surface area contributed by atoms with Gasteiger partial charge in [0.05, 0.1) is 0 Å². The third-order valence-electron chi connectivity index (χ3n) is 15.5. The van der Waals surface area contributed by atoms with Crippen LogP contribution in [-0.2, 0) is 10.8 Å². The Morgan fingerprint density at radius 3 is 1.77 bits per heavy atom. The van der Waals surface area contributed by atoms with Crippen LogP contribution < -0.4 is 0 Å². The first-order chi connectivity index (χ1) is 27.5. The lowest BCUT2D eigenvalue weighted by atomic mass is 9.43. The second-order valence-electron chi connectivity index (χ2n) is 18.4. The molecular formula is C55H44O. The molecule has 0 radical (unpaired) electrons. The molecule has 4 bridgehead atoms. The average molecular weight is 721 g/mol. The van der Waals surface area contributed by atoms with Crippen molar-refractivity contribution >= 4 is 21.9 Å². The van der Waals surface area contributed by atoms with Crippen LogP contribution in [0.4, 0.5) is 0 Å². The summed E-state index contributed by atoms with van der Waals surface area (Å²) in [6.45, 7) is 4.75. The van der Waals surface area contributed by atoms with Gasteiger partial charge in [0.25, 0.3) is 0 Å². The maximum absolute atomic E-state index is 6.48. The van der Waals surface area contributed by atoms with Crippen LogP contribution in [0.2, 0.25) is 0 Å².